The van der Waals surface area contributed by atoms with Crippen LogP contribution in [0.4, 0.5) is 0 Å². The van der Waals surface area contributed by atoms with Crippen molar-refractivity contribution >= 4 is 22.6 Å². The lowest BCUT2D eigenvalue weighted by molar-refractivity contribution is 0.336. The SMILES string of the molecule is CCN1CCC(CNC(C)c2ccc(I)cc2)C1. The second kappa shape index (κ2) is 6.87. The highest BCUT2D eigenvalue weighted by molar-refractivity contribution is 14.1. The Bertz CT molecular complexity index is 363. The molecule has 1 saturated heterocycles. The number of hydrogen-bond acceptors (Lipinski definition) is 2. The molecule has 1 aromatic carbocycles. The maximum absolute atomic E-state index is 3.68. The molecule has 0 bridgehead atoms. The molecule has 1 aromatic rings. The van der Waals surface area contributed by atoms with Crippen molar-refractivity contribution in [2.24, 2.45) is 5.92 Å². The van der Waals surface area contributed by atoms with Crippen LogP contribution in [0.15, 0.2) is 24.3 Å². The fraction of sp³-hybridized carbons (Fsp3) is 0.600. The number of nitrogens with one attached hydrogen (secondary N) is 1. The predicted molar refractivity (Wildman–Crippen MR) is 85.8 cm³/mol. The minimum atomic E-state index is 0.456. The fourth-order valence-corrected chi connectivity index (χ4v) is 2.94. The van der Waals surface area contributed by atoms with Gasteiger partial charge in [0.2, 0.25) is 0 Å². The molecule has 0 spiro atoms. The lowest BCUT2D eigenvalue weighted by Gasteiger charge is -2.18. The topological polar surface area (TPSA) is 15.3 Å². The summed E-state index contributed by atoms with van der Waals surface area (Å²) < 4.78 is 1.30. The molecule has 18 heavy (non-hydrogen) atoms. The number of hydrogen-bond donors (Lipinski definition) is 1. The number of likely N-dealkylation sites (tertiary alicyclic amines) is 1. The summed E-state index contributed by atoms with van der Waals surface area (Å²) in [6, 6.07) is 9.28. The molecule has 100 valence electrons. The van der Waals surface area contributed by atoms with E-state index in [1.165, 1.54) is 35.2 Å². The number of nitrogens with zero attached hydrogens (tertiary/aromatic N) is 1. The zero-order valence-electron chi connectivity index (χ0n) is 11.3. The highest BCUT2D eigenvalue weighted by atomic mass is 127. The molecular weight excluding hydrogens is 335 g/mol. The first kappa shape index (κ1) is 14.3. The molecule has 1 aliphatic heterocycles. The van der Waals surface area contributed by atoms with Crippen LogP contribution in [0.5, 0.6) is 0 Å². The Morgan fingerprint density at radius 1 is 1.39 bits per heavy atom. The van der Waals surface area contributed by atoms with E-state index in [2.05, 4.69) is 70.9 Å². The van der Waals surface area contributed by atoms with E-state index in [1.54, 1.807) is 0 Å². The van der Waals surface area contributed by atoms with E-state index in [1.807, 2.05) is 0 Å². The Morgan fingerprint density at radius 2 is 2.11 bits per heavy atom. The van der Waals surface area contributed by atoms with Crippen LogP contribution in [-0.2, 0) is 0 Å². The molecule has 2 rings (SSSR count). The molecule has 0 aromatic heterocycles. The minimum Gasteiger partial charge on any atom is -0.310 e. The Hall–Kier alpha value is -0.130. The normalized spacial score (nSPS) is 22.3. The van der Waals surface area contributed by atoms with E-state index in [9.17, 15) is 0 Å². The van der Waals surface area contributed by atoms with E-state index in [-0.39, 0.29) is 0 Å². The number of benzene rings is 1. The Kier molecular flexibility index (Phi) is 5.45. The molecule has 1 N–H and O–H groups in total. The molecule has 1 fully saturated rings. The van der Waals surface area contributed by atoms with Gasteiger partial charge in [-0.05, 0) is 79.2 Å². The molecule has 1 heterocycles. The summed E-state index contributed by atoms with van der Waals surface area (Å²) in [6.45, 7) is 9.40. The van der Waals surface area contributed by atoms with Gasteiger partial charge in [0.15, 0.2) is 0 Å². The summed E-state index contributed by atoms with van der Waals surface area (Å²) in [5, 5.41) is 3.68. The van der Waals surface area contributed by atoms with Crippen molar-refractivity contribution in [3.05, 3.63) is 33.4 Å². The quantitative estimate of drug-likeness (QED) is 0.813. The monoisotopic (exact) mass is 358 g/mol. The zero-order valence-corrected chi connectivity index (χ0v) is 13.5. The Balaban J connectivity index is 1.78. The molecule has 2 unspecified atom stereocenters. The summed E-state index contributed by atoms with van der Waals surface area (Å²) in [5.74, 6) is 0.830. The van der Waals surface area contributed by atoms with Gasteiger partial charge in [0.1, 0.15) is 0 Å². The van der Waals surface area contributed by atoms with E-state index >= 15 is 0 Å². The summed E-state index contributed by atoms with van der Waals surface area (Å²) in [5.41, 5.74) is 1.39. The van der Waals surface area contributed by atoms with Crippen molar-refractivity contribution in [3.8, 4) is 0 Å². The number of halogens is 1. The van der Waals surface area contributed by atoms with Gasteiger partial charge < -0.3 is 10.2 Å². The minimum absolute atomic E-state index is 0.456. The second-order valence-corrected chi connectivity index (χ2v) is 6.48. The first-order chi connectivity index (χ1) is 8.69. The molecule has 0 amide bonds. The van der Waals surface area contributed by atoms with Gasteiger partial charge in [-0.1, -0.05) is 19.1 Å². The highest BCUT2D eigenvalue weighted by Gasteiger charge is 2.21. The van der Waals surface area contributed by atoms with Gasteiger partial charge in [0.25, 0.3) is 0 Å². The second-order valence-electron chi connectivity index (χ2n) is 5.23. The average molecular weight is 358 g/mol. The van der Waals surface area contributed by atoms with E-state index < -0.39 is 0 Å². The largest absolute Gasteiger partial charge is 0.310 e. The van der Waals surface area contributed by atoms with Crippen molar-refractivity contribution in [3.63, 3.8) is 0 Å². The average Bonchev–Trinajstić information content (AvgIpc) is 2.85. The molecule has 3 heteroatoms. The van der Waals surface area contributed by atoms with E-state index in [4.69, 9.17) is 0 Å². The molecule has 1 aliphatic rings. The number of rotatable bonds is 5. The third kappa shape index (κ3) is 3.93. The third-order valence-electron chi connectivity index (χ3n) is 3.90. The van der Waals surface area contributed by atoms with Crippen LogP contribution in [0.1, 0.15) is 31.9 Å². The van der Waals surface area contributed by atoms with E-state index in [0.717, 1.165) is 12.5 Å². The first-order valence-corrected chi connectivity index (χ1v) is 7.98. The first-order valence-electron chi connectivity index (χ1n) is 6.90. The van der Waals surface area contributed by atoms with Gasteiger partial charge in [-0.3, -0.25) is 0 Å². The van der Waals surface area contributed by atoms with Crippen molar-refractivity contribution in [2.75, 3.05) is 26.2 Å². The molecule has 2 atom stereocenters. The maximum atomic E-state index is 3.68. The molecule has 0 radical (unpaired) electrons. The summed E-state index contributed by atoms with van der Waals surface area (Å²) >= 11 is 2.35. The van der Waals surface area contributed by atoms with Crippen LogP contribution in [0, 0.1) is 9.49 Å². The van der Waals surface area contributed by atoms with Crippen LogP contribution in [0.3, 0.4) is 0 Å². The molecular formula is C15H23IN2. The highest BCUT2D eigenvalue weighted by Crippen LogP contribution is 2.18. The van der Waals surface area contributed by atoms with Crippen LogP contribution in [0.25, 0.3) is 0 Å². The molecule has 0 saturated carbocycles. The Labute approximate surface area is 124 Å². The van der Waals surface area contributed by atoms with Gasteiger partial charge >= 0.3 is 0 Å². The van der Waals surface area contributed by atoms with Gasteiger partial charge in [-0.25, -0.2) is 0 Å². The zero-order chi connectivity index (χ0) is 13.0. The lowest BCUT2D eigenvalue weighted by atomic mass is 10.1. The van der Waals surface area contributed by atoms with Gasteiger partial charge in [-0.15, -0.1) is 0 Å². The lowest BCUT2D eigenvalue weighted by Crippen LogP contribution is -2.28. The third-order valence-corrected chi connectivity index (χ3v) is 4.62. The van der Waals surface area contributed by atoms with Crippen LogP contribution >= 0.6 is 22.6 Å². The maximum Gasteiger partial charge on any atom is 0.0291 e. The fourth-order valence-electron chi connectivity index (χ4n) is 2.58. The standard InChI is InChI=1S/C15H23IN2/c1-3-18-9-8-13(11-18)10-17-12(2)14-4-6-15(16)7-5-14/h4-7,12-13,17H,3,8-11H2,1-2H3. The molecule has 2 nitrogen and oxygen atoms in total. The van der Waals surface area contributed by atoms with E-state index in [0.29, 0.717) is 6.04 Å². The summed E-state index contributed by atoms with van der Waals surface area (Å²) in [7, 11) is 0. The molecule has 0 aliphatic carbocycles. The Morgan fingerprint density at radius 3 is 2.72 bits per heavy atom. The smallest absolute Gasteiger partial charge is 0.0291 e. The van der Waals surface area contributed by atoms with Crippen molar-refractivity contribution < 1.29 is 0 Å². The van der Waals surface area contributed by atoms with Gasteiger partial charge in [0.05, 0.1) is 0 Å². The van der Waals surface area contributed by atoms with Crippen molar-refractivity contribution in [1.82, 2.24) is 10.2 Å². The summed E-state index contributed by atoms with van der Waals surface area (Å²) in [6.07, 6.45) is 1.35. The van der Waals surface area contributed by atoms with Crippen LogP contribution < -0.4 is 5.32 Å². The van der Waals surface area contributed by atoms with Gasteiger partial charge in [0, 0.05) is 16.2 Å². The predicted octanol–water partition coefficient (Wildman–Crippen LogP) is 3.28. The van der Waals surface area contributed by atoms with Crippen LogP contribution in [0.2, 0.25) is 0 Å². The van der Waals surface area contributed by atoms with Crippen molar-refractivity contribution in [2.45, 2.75) is 26.3 Å². The van der Waals surface area contributed by atoms with Crippen molar-refractivity contribution in [1.29, 1.82) is 0 Å². The summed E-state index contributed by atoms with van der Waals surface area (Å²) in [4.78, 5) is 2.54. The van der Waals surface area contributed by atoms with Gasteiger partial charge in [-0.2, -0.15) is 0 Å². The van der Waals surface area contributed by atoms with Crippen LogP contribution in [-0.4, -0.2) is 31.1 Å².